The molecule has 1 aromatic carbocycles. The summed E-state index contributed by atoms with van der Waals surface area (Å²) in [6.45, 7) is 11.4. The van der Waals surface area contributed by atoms with Crippen molar-refractivity contribution in [1.82, 2.24) is 30.2 Å². The summed E-state index contributed by atoms with van der Waals surface area (Å²) >= 11 is 0. The Morgan fingerprint density at radius 3 is 2.57 bits per heavy atom. The zero-order valence-electron chi connectivity index (χ0n) is 31.8. The second-order valence-corrected chi connectivity index (χ2v) is 18.0. The quantitative estimate of drug-likeness (QED) is 0.260. The Balaban J connectivity index is 1.32. The van der Waals surface area contributed by atoms with E-state index in [-0.39, 0.29) is 53.2 Å². The van der Waals surface area contributed by atoms with Crippen LogP contribution in [0.25, 0.3) is 11.0 Å². The standard InChI is InChI=1S/C39H54N6O7S/c1-8-53(28-15-16-28)44-36(48)39-20-25(39)13-12-23(2)10-9-11-24(3)33(42-37(49)52-38(4,5)6)35(47)45-22-27(19-31(45)34(46)43-39)51-32-21-40-29-17-14-26(50-7)18-30(29)41-32/h8,12-14,17-18,21,23-25,27-28,31,33H,9-11,15-16,19-20,22H2,1-7H3,(H,42,49)(H,43,46)(H,44,48)/b13-12-/t23-,24+,25+,27+,31-,33-,39+,53?/m0/s1. The average Bonchev–Trinajstić information content (AvgIpc) is 4.03. The lowest BCUT2D eigenvalue weighted by Gasteiger charge is -2.32. The Hall–Kier alpha value is -4.20. The fourth-order valence-electron chi connectivity index (χ4n) is 7.25. The lowest BCUT2D eigenvalue weighted by Crippen LogP contribution is -2.58. The molecule has 13 nitrogen and oxygen atoms in total. The Morgan fingerprint density at radius 1 is 1.09 bits per heavy atom. The largest absolute Gasteiger partial charge is 0.497 e. The molecule has 2 saturated carbocycles. The number of methoxy groups -OCH3 is 1. The van der Waals surface area contributed by atoms with E-state index in [1.165, 1.54) is 11.1 Å². The summed E-state index contributed by atoms with van der Waals surface area (Å²) in [7, 11) is 1.19. The molecular weight excluding hydrogens is 697 g/mol. The summed E-state index contributed by atoms with van der Waals surface area (Å²) in [5.41, 5.74) is -0.673. The van der Waals surface area contributed by atoms with Crippen molar-refractivity contribution in [3.63, 3.8) is 0 Å². The van der Waals surface area contributed by atoms with Crippen LogP contribution >= 0.6 is 10.7 Å². The molecule has 2 aromatic rings. The number of ether oxygens (including phenoxy) is 3. The highest BCUT2D eigenvalue weighted by atomic mass is 32.2. The third-order valence-electron chi connectivity index (χ3n) is 10.5. The molecule has 0 radical (unpaired) electrons. The first-order chi connectivity index (χ1) is 25.2. The molecule has 14 heteroatoms. The lowest BCUT2D eigenvalue weighted by molar-refractivity contribution is -0.142. The van der Waals surface area contributed by atoms with Gasteiger partial charge in [-0.25, -0.2) is 14.8 Å². The molecule has 1 unspecified atom stereocenters. The maximum atomic E-state index is 14.7. The van der Waals surface area contributed by atoms with E-state index < -0.39 is 47.2 Å². The van der Waals surface area contributed by atoms with Crippen molar-refractivity contribution < 1.29 is 33.4 Å². The van der Waals surface area contributed by atoms with Crippen molar-refractivity contribution >= 4 is 50.9 Å². The highest BCUT2D eigenvalue weighted by molar-refractivity contribution is 8.14. The lowest BCUT2D eigenvalue weighted by atomic mass is 9.92. The predicted octanol–water partition coefficient (Wildman–Crippen LogP) is 5.05. The first kappa shape index (κ1) is 38.5. The monoisotopic (exact) mass is 750 g/mol. The normalized spacial score (nSPS) is 30.5. The maximum Gasteiger partial charge on any atom is 0.408 e. The first-order valence-electron chi connectivity index (χ1n) is 18.8. The van der Waals surface area contributed by atoms with Crippen molar-refractivity contribution in [3.8, 4) is 11.6 Å². The summed E-state index contributed by atoms with van der Waals surface area (Å²) < 4.78 is 20.5. The van der Waals surface area contributed by atoms with Gasteiger partial charge in [0.15, 0.2) is 0 Å². The van der Waals surface area contributed by atoms with Gasteiger partial charge in [-0.05, 0) is 89.1 Å². The number of alkyl carbamates (subject to hydrolysis) is 1. The van der Waals surface area contributed by atoms with Crippen molar-refractivity contribution in [2.75, 3.05) is 13.7 Å². The van der Waals surface area contributed by atoms with Crippen LogP contribution in [0.5, 0.6) is 11.6 Å². The van der Waals surface area contributed by atoms with Gasteiger partial charge in [-0.1, -0.05) is 43.1 Å². The molecule has 4 aliphatic rings. The van der Waals surface area contributed by atoms with Crippen LogP contribution in [0, 0.1) is 17.8 Å². The fraction of sp³-hybridized carbons (Fsp3) is 0.615. The Morgan fingerprint density at radius 2 is 1.87 bits per heavy atom. The van der Waals surface area contributed by atoms with Crippen LogP contribution < -0.4 is 24.8 Å². The molecule has 4 amide bonds. The molecule has 6 rings (SSSR count). The molecule has 2 aliphatic heterocycles. The van der Waals surface area contributed by atoms with E-state index in [0.717, 1.165) is 25.7 Å². The Kier molecular flexibility index (Phi) is 11.4. The summed E-state index contributed by atoms with van der Waals surface area (Å²) in [5, 5.41) is 8.46. The molecule has 1 aromatic heterocycles. The second kappa shape index (κ2) is 15.6. The second-order valence-electron chi connectivity index (χ2n) is 15.9. The van der Waals surface area contributed by atoms with E-state index in [1.807, 2.05) is 19.2 Å². The molecule has 288 valence electrons. The van der Waals surface area contributed by atoms with Gasteiger partial charge < -0.3 is 34.5 Å². The fourth-order valence-corrected chi connectivity index (χ4v) is 8.96. The van der Waals surface area contributed by atoms with E-state index in [0.29, 0.717) is 34.9 Å². The number of carbonyl (C=O) groups excluding carboxylic acids is 4. The minimum atomic E-state index is -1.13. The average molecular weight is 751 g/mol. The van der Waals surface area contributed by atoms with Gasteiger partial charge in [-0.15, -0.1) is 0 Å². The number of rotatable bonds is 7. The number of carbonyl (C=O) groups is 4. The van der Waals surface area contributed by atoms with Gasteiger partial charge in [0, 0.05) is 23.7 Å². The van der Waals surface area contributed by atoms with Crippen molar-refractivity contribution in [1.29, 1.82) is 0 Å². The SMILES string of the molecule is C/C=S(/NC(=O)[C@@]12C[C@H]1/C=C\[C@@H](C)CCC[C@@H](C)[C@H](NC(=O)OC(C)(C)C)C(=O)N1C[C@H](Oc3cnc4ccc(OC)cc4n3)C[C@H]1C(=O)N2)C1CC1. The minimum Gasteiger partial charge on any atom is -0.497 e. The molecule has 3 N–H and O–H groups in total. The van der Waals surface area contributed by atoms with Crippen LogP contribution in [0.15, 0.2) is 36.5 Å². The number of nitrogens with zero attached hydrogens (tertiary/aromatic N) is 3. The highest BCUT2D eigenvalue weighted by Gasteiger charge is 2.61. The number of amides is 4. The first-order valence-corrected chi connectivity index (χ1v) is 20.1. The van der Waals surface area contributed by atoms with E-state index >= 15 is 0 Å². The zero-order chi connectivity index (χ0) is 38.1. The van der Waals surface area contributed by atoms with Crippen molar-refractivity contribution in [3.05, 3.63) is 36.5 Å². The van der Waals surface area contributed by atoms with Crippen LogP contribution in [-0.4, -0.2) is 92.3 Å². The number of aromatic nitrogens is 2. The third-order valence-corrected chi connectivity index (χ3v) is 12.6. The Bertz CT molecular complexity index is 1790. The van der Waals surface area contributed by atoms with Gasteiger partial charge in [0.2, 0.25) is 17.7 Å². The number of fused-ring (bicyclic) bond motifs is 3. The van der Waals surface area contributed by atoms with E-state index in [9.17, 15) is 19.2 Å². The molecular formula is C39H54N6O7S. The number of allylic oxidation sites excluding steroid dienone is 1. The molecule has 53 heavy (non-hydrogen) atoms. The number of nitrogens with one attached hydrogen (secondary N) is 3. The van der Waals surface area contributed by atoms with Crippen molar-refractivity contribution in [2.45, 2.75) is 121 Å². The van der Waals surface area contributed by atoms with Gasteiger partial charge in [0.1, 0.15) is 35.1 Å². The van der Waals surface area contributed by atoms with Crippen LogP contribution in [-0.2, 0) is 19.1 Å². The smallest absolute Gasteiger partial charge is 0.408 e. The molecule has 3 heterocycles. The van der Waals surface area contributed by atoms with Gasteiger partial charge in [-0.3, -0.25) is 14.4 Å². The number of hydrogen-bond donors (Lipinski definition) is 3. The van der Waals surface area contributed by atoms with Crippen LogP contribution in [0.4, 0.5) is 4.79 Å². The zero-order valence-corrected chi connectivity index (χ0v) is 32.7. The summed E-state index contributed by atoms with van der Waals surface area (Å²) in [6.07, 6.45) is 9.49. The van der Waals surface area contributed by atoms with E-state index in [4.69, 9.17) is 14.2 Å². The van der Waals surface area contributed by atoms with Gasteiger partial charge >= 0.3 is 6.09 Å². The number of benzene rings is 1. The van der Waals surface area contributed by atoms with Crippen LogP contribution in [0.3, 0.4) is 0 Å². The molecule has 0 spiro atoms. The third kappa shape index (κ3) is 9.13. The van der Waals surface area contributed by atoms with Crippen LogP contribution in [0.1, 0.15) is 86.5 Å². The Labute approximate surface area is 314 Å². The molecule has 8 atom stereocenters. The molecule has 0 bridgehead atoms. The van der Waals surface area contributed by atoms with Gasteiger partial charge in [-0.2, -0.15) is 0 Å². The predicted molar refractivity (Wildman–Crippen MR) is 205 cm³/mol. The van der Waals surface area contributed by atoms with Crippen molar-refractivity contribution in [2.24, 2.45) is 17.8 Å². The highest BCUT2D eigenvalue weighted by Crippen LogP contribution is 2.47. The minimum absolute atomic E-state index is 0.0590. The van der Waals surface area contributed by atoms with Gasteiger partial charge in [0.05, 0.1) is 30.9 Å². The van der Waals surface area contributed by atoms with Crippen LogP contribution in [0.2, 0.25) is 0 Å². The molecule has 1 saturated heterocycles. The number of hydrogen-bond acceptors (Lipinski definition) is 9. The topological polar surface area (TPSA) is 161 Å². The maximum absolute atomic E-state index is 14.7. The summed E-state index contributed by atoms with van der Waals surface area (Å²) in [5.74, 6) is -0.409. The summed E-state index contributed by atoms with van der Waals surface area (Å²) in [4.78, 5) is 67.0. The molecule has 2 aliphatic carbocycles. The van der Waals surface area contributed by atoms with E-state index in [2.05, 4.69) is 44.4 Å². The molecule has 3 fully saturated rings. The van der Waals surface area contributed by atoms with Gasteiger partial charge in [0.25, 0.3) is 5.91 Å². The van der Waals surface area contributed by atoms with E-state index in [1.54, 1.807) is 46.1 Å². The summed E-state index contributed by atoms with van der Waals surface area (Å²) in [6, 6.07) is 3.42.